The van der Waals surface area contributed by atoms with Gasteiger partial charge in [-0.05, 0) is 29.4 Å². The standard InChI is InChI=1S/C14H25IN2S4/c1-2-3-4-5-6-7-8-9-10-11-12(15)20-21-14-17-16-13(18)19-14/h12H,2-11H2,1H3,(H,16,18). The molecule has 0 saturated heterocycles. The van der Waals surface area contributed by atoms with E-state index in [0.717, 1.165) is 8.29 Å². The van der Waals surface area contributed by atoms with Gasteiger partial charge in [0.15, 0.2) is 8.29 Å². The second-order valence-electron chi connectivity index (χ2n) is 5.09. The van der Waals surface area contributed by atoms with Crippen LogP contribution in [0.3, 0.4) is 0 Å². The fourth-order valence-electron chi connectivity index (χ4n) is 2.01. The van der Waals surface area contributed by atoms with Gasteiger partial charge < -0.3 is 0 Å². The van der Waals surface area contributed by atoms with Crippen LogP contribution in [0.2, 0.25) is 0 Å². The zero-order chi connectivity index (χ0) is 15.3. The number of nitrogens with one attached hydrogen (secondary N) is 1. The van der Waals surface area contributed by atoms with Crippen LogP contribution < -0.4 is 0 Å². The SMILES string of the molecule is CCCCCCCCCCCC(I)SSc1n[nH]c(=S)s1. The number of unbranched alkanes of at least 4 members (excludes halogenated alkanes) is 8. The summed E-state index contributed by atoms with van der Waals surface area (Å²) in [6.45, 7) is 2.28. The number of hydrogen-bond acceptors (Lipinski definition) is 5. The van der Waals surface area contributed by atoms with Gasteiger partial charge >= 0.3 is 0 Å². The number of aromatic amines is 1. The molecule has 21 heavy (non-hydrogen) atoms. The molecule has 1 rings (SSSR count). The quantitative estimate of drug-likeness (QED) is 0.104. The Kier molecular flexibility index (Phi) is 13.1. The van der Waals surface area contributed by atoms with Gasteiger partial charge in [-0.3, -0.25) is 5.10 Å². The summed E-state index contributed by atoms with van der Waals surface area (Å²) >= 11 is 9.13. The van der Waals surface area contributed by atoms with Crippen LogP contribution in [0, 0.1) is 3.95 Å². The number of halogens is 1. The van der Waals surface area contributed by atoms with Crippen LogP contribution in [0.5, 0.6) is 0 Å². The molecule has 7 heteroatoms. The topological polar surface area (TPSA) is 28.7 Å². The first-order chi connectivity index (χ1) is 10.2. The molecular formula is C14H25IN2S4. The summed E-state index contributed by atoms with van der Waals surface area (Å²) < 4.78 is 2.47. The highest BCUT2D eigenvalue weighted by atomic mass is 127. The number of hydrogen-bond donors (Lipinski definition) is 1. The van der Waals surface area contributed by atoms with Gasteiger partial charge in [0, 0.05) is 0 Å². The highest BCUT2D eigenvalue weighted by Gasteiger charge is 2.07. The molecule has 122 valence electrons. The third kappa shape index (κ3) is 11.4. The summed E-state index contributed by atoms with van der Waals surface area (Å²) in [6, 6.07) is 0. The van der Waals surface area contributed by atoms with Crippen molar-refractivity contribution in [3.8, 4) is 0 Å². The molecule has 0 radical (unpaired) electrons. The normalized spacial score (nSPS) is 12.7. The van der Waals surface area contributed by atoms with Gasteiger partial charge in [-0.1, -0.05) is 109 Å². The van der Waals surface area contributed by atoms with Crippen LogP contribution in [-0.4, -0.2) is 13.5 Å². The first-order valence-electron chi connectivity index (χ1n) is 7.75. The summed E-state index contributed by atoms with van der Waals surface area (Å²) in [5.41, 5.74) is 0. The van der Waals surface area contributed by atoms with Gasteiger partial charge in [0.05, 0.1) is 3.26 Å². The van der Waals surface area contributed by atoms with Crippen LogP contribution >= 0.6 is 67.7 Å². The minimum absolute atomic E-state index is 0.662. The minimum Gasteiger partial charge on any atom is -0.257 e. The fourth-order valence-corrected chi connectivity index (χ4v) is 6.70. The molecule has 2 nitrogen and oxygen atoms in total. The Morgan fingerprint density at radius 2 is 1.76 bits per heavy atom. The van der Waals surface area contributed by atoms with E-state index in [0.29, 0.717) is 3.26 Å². The van der Waals surface area contributed by atoms with Crippen molar-refractivity contribution in [2.75, 3.05) is 0 Å². The van der Waals surface area contributed by atoms with Crippen molar-refractivity contribution in [3.05, 3.63) is 3.95 Å². The van der Waals surface area contributed by atoms with Crippen molar-refractivity contribution >= 4 is 67.7 Å². The molecule has 0 aromatic carbocycles. The maximum absolute atomic E-state index is 5.03. The van der Waals surface area contributed by atoms with E-state index in [1.54, 1.807) is 22.1 Å². The Labute approximate surface area is 159 Å². The average Bonchev–Trinajstić information content (AvgIpc) is 2.89. The predicted octanol–water partition coefficient (Wildman–Crippen LogP) is 7.62. The van der Waals surface area contributed by atoms with E-state index in [4.69, 9.17) is 12.2 Å². The van der Waals surface area contributed by atoms with E-state index in [1.165, 1.54) is 64.2 Å². The highest BCUT2D eigenvalue weighted by Crippen LogP contribution is 2.39. The van der Waals surface area contributed by atoms with Crippen molar-refractivity contribution in [2.45, 2.75) is 78.7 Å². The molecule has 1 aromatic rings. The molecule has 0 aliphatic carbocycles. The van der Waals surface area contributed by atoms with Crippen molar-refractivity contribution in [3.63, 3.8) is 0 Å². The van der Waals surface area contributed by atoms with E-state index >= 15 is 0 Å². The van der Waals surface area contributed by atoms with Gasteiger partial charge in [0.2, 0.25) is 0 Å². The Balaban J connectivity index is 1.89. The van der Waals surface area contributed by atoms with E-state index in [1.807, 2.05) is 10.8 Å². The molecular weight excluding hydrogens is 451 g/mol. The second kappa shape index (κ2) is 13.6. The summed E-state index contributed by atoms with van der Waals surface area (Å²) in [5, 5.41) is 6.99. The molecule has 0 amide bonds. The van der Waals surface area contributed by atoms with Crippen LogP contribution in [0.15, 0.2) is 4.34 Å². The second-order valence-corrected chi connectivity index (χ2v) is 11.8. The first kappa shape index (κ1) is 20.3. The third-order valence-electron chi connectivity index (χ3n) is 3.18. The third-order valence-corrected chi connectivity index (χ3v) is 9.53. The molecule has 1 atom stereocenters. The zero-order valence-corrected chi connectivity index (χ0v) is 18.0. The molecule has 0 fully saturated rings. The number of rotatable bonds is 13. The zero-order valence-electron chi connectivity index (χ0n) is 12.6. The lowest BCUT2D eigenvalue weighted by Gasteiger charge is -2.07. The van der Waals surface area contributed by atoms with E-state index in [-0.39, 0.29) is 0 Å². The smallest absolute Gasteiger partial charge is 0.183 e. The van der Waals surface area contributed by atoms with E-state index < -0.39 is 0 Å². The Hall–Kier alpha value is 1.21. The van der Waals surface area contributed by atoms with Gasteiger partial charge in [-0.25, -0.2) is 0 Å². The number of nitrogens with zero attached hydrogens (tertiary/aromatic N) is 1. The number of alkyl halides is 1. The first-order valence-corrected chi connectivity index (χ1v) is 12.4. The summed E-state index contributed by atoms with van der Waals surface area (Å²) in [7, 11) is 3.65. The molecule has 0 aliphatic rings. The van der Waals surface area contributed by atoms with Gasteiger partial charge in [-0.15, -0.1) is 0 Å². The monoisotopic (exact) mass is 476 g/mol. The molecule has 1 aromatic heterocycles. The fraction of sp³-hybridized carbons (Fsp3) is 0.857. The van der Waals surface area contributed by atoms with Crippen molar-refractivity contribution in [1.29, 1.82) is 0 Å². The molecule has 0 saturated carbocycles. The van der Waals surface area contributed by atoms with Crippen molar-refractivity contribution in [2.24, 2.45) is 0 Å². The Morgan fingerprint density at radius 3 is 2.33 bits per heavy atom. The number of aromatic nitrogens is 2. The van der Waals surface area contributed by atoms with Gasteiger partial charge in [0.25, 0.3) is 0 Å². The van der Waals surface area contributed by atoms with Crippen molar-refractivity contribution < 1.29 is 0 Å². The largest absolute Gasteiger partial charge is 0.257 e. The average molecular weight is 477 g/mol. The van der Waals surface area contributed by atoms with Crippen LogP contribution in [0.1, 0.15) is 71.1 Å². The molecule has 1 heterocycles. The molecule has 1 N–H and O–H groups in total. The summed E-state index contributed by atoms with van der Waals surface area (Å²) in [5.74, 6) is 0. The molecule has 0 aliphatic heterocycles. The van der Waals surface area contributed by atoms with Crippen LogP contribution in [0.4, 0.5) is 0 Å². The van der Waals surface area contributed by atoms with E-state index in [2.05, 4.69) is 39.7 Å². The summed E-state index contributed by atoms with van der Waals surface area (Å²) in [6.07, 6.45) is 13.9. The highest BCUT2D eigenvalue weighted by molar-refractivity contribution is 14.1. The molecule has 1 unspecified atom stereocenters. The molecule has 0 bridgehead atoms. The van der Waals surface area contributed by atoms with Gasteiger partial charge in [-0.2, -0.15) is 5.10 Å². The predicted molar refractivity (Wildman–Crippen MR) is 110 cm³/mol. The minimum atomic E-state index is 0.662. The Morgan fingerprint density at radius 1 is 1.14 bits per heavy atom. The number of H-pyrrole nitrogens is 1. The maximum Gasteiger partial charge on any atom is 0.183 e. The van der Waals surface area contributed by atoms with Gasteiger partial charge in [0.1, 0.15) is 0 Å². The lowest BCUT2D eigenvalue weighted by atomic mass is 10.1. The lowest BCUT2D eigenvalue weighted by Crippen LogP contribution is -1.89. The lowest BCUT2D eigenvalue weighted by molar-refractivity contribution is 0.562. The maximum atomic E-state index is 5.03. The summed E-state index contributed by atoms with van der Waals surface area (Å²) in [4.78, 5) is 0. The van der Waals surface area contributed by atoms with Crippen molar-refractivity contribution in [1.82, 2.24) is 10.2 Å². The van der Waals surface area contributed by atoms with E-state index in [9.17, 15) is 0 Å². The molecule has 0 spiro atoms. The Bertz CT molecular complexity index is 408. The van der Waals surface area contributed by atoms with Crippen LogP contribution in [0.25, 0.3) is 0 Å². The van der Waals surface area contributed by atoms with Crippen LogP contribution in [-0.2, 0) is 0 Å².